The monoisotopic (exact) mass is 345 g/mol. The molecule has 0 amide bonds. The molecular formula is C20H12ClN3O. The molecule has 0 bridgehead atoms. The van der Waals surface area contributed by atoms with E-state index in [4.69, 9.17) is 16.6 Å². The molecule has 120 valence electrons. The molecule has 5 heteroatoms. The van der Waals surface area contributed by atoms with Gasteiger partial charge in [0.05, 0.1) is 27.1 Å². The summed E-state index contributed by atoms with van der Waals surface area (Å²) in [5, 5.41) is 2.01. The smallest absolute Gasteiger partial charge is 0.267 e. The Morgan fingerprint density at radius 2 is 1.52 bits per heavy atom. The van der Waals surface area contributed by atoms with Gasteiger partial charge in [-0.3, -0.25) is 4.79 Å². The number of fused-ring (bicyclic) bond motifs is 4. The maximum Gasteiger partial charge on any atom is 0.281 e. The summed E-state index contributed by atoms with van der Waals surface area (Å²) in [7, 11) is 0. The second-order valence-corrected chi connectivity index (χ2v) is 6.26. The van der Waals surface area contributed by atoms with E-state index in [2.05, 4.69) is 0 Å². The molecule has 2 heterocycles. The fourth-order valence-electron chi connectivity index (χ4n) is 3.31. The fourth-order valence-corrected chi connectivity index (χ4v) is 3.56. The summed E-state index contributed by atoms with van der Waals surface area (Å²) in [4.78, 5) is 18.0. The highest BCUT2D eigenvalue weighted by Crippen LogP contribution is 2.30. The van der Waals surface area contributed by atoms with E-state index in [-0.39, 0.29) is 5.56 Å². The van der Waals surface area contributed by atoms with Crippen molar-refractivity contribution in [3.05, 3.63) is 88.2 Å². The molecule has 25 heavy (non-hydrogen) atoms. The van der Waals surface area contributed by atoms with Crippen molar-refractivity contribution in [2.24, 2.45) is 0 Å². The van der Waals surface area contributed by atoms with Gasteiger partial charge in [-0.05, 0) is 36.4 Å². The average molecular weight is 346 g/mol. The molecule has 0 radical (unpaired) electrons. The standard InChI is InChI=1S/C20H12ClN3O/c21-16-11-6-10-15-18(16)23(13-7-2-1-3-8-13)24-19(15)22-17-12-5-4-9-14(17)20(24)25/h1-12H. The van der Waals surface area contributed by atoms with E-state index in [1.165, 1.54) is 0 Å². The zero-order valence-electron chi connectivity index (χ0n) is 13.1. The molecule has 0 aliphatic rings. The first-order chi connectivity index (χ1) is 12.3. The van der Waals surface area contributed by atoms with E-state index >= 15 is 0 Å². The van der Waals surface area contributed by atoms with Crippen molar-refractivity contribution in [3.63, 3.8) is 0 Å². The largest absolute Gasteiger partial charge is 0.281 e. The topological polar surface area (TPSA) is 39.3 Å². The van der Waals surface area contributed by atoms with Crippen LogP contribution in [-0.4, -0.2) is 14.2 Å². The molecule has 0 N–H and O–H groups in total. The van der Waals surface area contributed by atoms with Crippen LogP contribution in [0.4, 0.5) is 0 Å². The Kier molecular flexibility index (Phi) is 2.96. The lowest BCUT2D eigenvalue weighted by molar-refractivity contribution is 0.794. The molecule has 4 nitrogen and oxygen atoms in total. The Balaban J connectivity index is 2.13. The number of hydrogen-bond donors (Lipinski definition) is 0. The molecule has 0 saturated carbocycles. The fraction of sp³-hybridized carbons (Fsp3) is 0. The van der Waals surface area contributed by atoms with Crippen molar-refractivity contribution in [1.82, 2.24) is 14.2 Å². The van der Waals surface area contributed by atoms with Gasteiger partial charge >= 0.3 is 0 Å². The maximum atomic E-state index is 13.2. The third kappa shape index (κ3) is 1.95. The first kappa shape index (κ1) is 14.3. The molecule has 0 fully saturated rings. The van der Waals surface area contributed by atoms with Gasteiger partial charge in [0.1, 0.15) is 0 Å². The lowest BCUT2D eigenvalue weighted by atomic mass is 10.2. The molecule has 5 aromatic rings. The normalized spacial score (nSPS) is 11.6. The quantitative estimate of drug-likeness (QED) is 0.450. The van der Waals surface area contributed by atoms with Crippen LogP contribution in [0, 0.1) is 0 Å². The molecular weight excluding hydrogens is 334 g/mol. The summed E-state index contributed by atoms with van der Waals surface area (Å²) >= 11 is 6.50. The second-order valence-electron chi connectivity index (χ2n) is 5.85. The predicted octanol–water partition coefficient (Wildman–Crippen LogP) is 4.45. The molecule has 2 aromatic heterocycles. The summed E-state index contributed by atoms with van der Waals surface area (Å²) in [6.07, 6.45) is 0. The predicted molar refractivity (Wildman–Crippen MR) is 101 cm³/mol. The number of nitrogens with zero attached hydrogens (tertiary/aromatic N) is 3. The van der Waals surface area contributed by atoms with E-state index in [9.17, 15) is 4.79 Å². The molecule has 0 spiro atoms. The highest BCUT2D eigenvalue weighted by Gasteiger charge is 2.18. The number of aromatic nitrogens is 3. The Morgan fingerprint density at radius 1 is 0.800 bits per heavy atom. The van der Waals surface area contributed by atoms with Crippen LogP contribution in [0.25, 0.3) is 33.1 Å². The maximum absolute atomic E-state index is 13.2. The first-order valence-corrected chi connectivity index (χ1v) is 8.29. The second kappa shape index (κ2) is 5.19. The third-order valence-corrected chi connectivity index (χ3v) is 4.70. The lowest BCUT2D eigenvalue weighted by Gasteiger charge is -2.09. The summed E-state index contributed by atoms with van der Waals surface area (Å²) in [6.45, 7) is 0. The number of halogens is 1. The van der Waals surface area contributed by atoms with Crippen LogP contribution >= 0.6 is 11.6 Å². The van der Waals surface area contributed by atoms with Crippen LogP contribution in [0.5, 0.6) is 0 Å². The summed E-state index contributed by atoms with van der Waals surface area (Å²) < 4.78 is 3.45. The van der Waals surface area contributed by atoms with Crippen LogP contribution in [-0.2, 0) is 0 Å². The number of hydrogen-bond acceptors (Lipinski definition) is 2. The summed E-state index contributed by atoms with van der Waals surface area (Å²) in [6, 6.07) is 22.7. The van der Waals surface area contributed by atoms with Gasteiger partial charge in [0, 0.05) is 5.39 Å². The van der Waals surface area contributed by atoms with E-state index < -0.39 is 0 Å². The van der Waals surface area contributed by atoms with Crippen LogP contribution in [0.2, 0.25) is 5.02 Å². The van der Waals surface area contributed by atoms with E-state index in [0.717, 1.165) is 16.6 Å². The minimum atomic E-state index is -0.114. The zero-order chi connectivity index (χ0) is 17.0. The minimum absolute atomic E-state index is 0.114. The van der Waals surface area contributed by atoms with Crippen LogP contribution in [0.3, 0.4) is 0 Å². The van der Waals surface area contributed by atoms with Crippen molar-refractivity contribution in [2.75, 3.05) is 0 Å². The van der Waals surface area contributed by atoms with Crippen molar-refractivity contribution in [3.8, 4) is 5.69 Å². The van der Waals surface area contributed by atoms with Crippen LogP contribution in [0.1, 0.15) is 0 Å². The Morgan fingerprint density at radius 3 is 2.36 bits per heavy atom. The number of benzene rings is 3. The third-order valence-electron chi connectivity index (χ3n) is 4.39. The lowest BCUT2D eigenvalue weighted by Crippen LogP contribution is -2.20. The van der Waals surface area contributed by atoms with E-state index in [1.807, 2.05) is 71.4 Å². The number of rotatable bonds is 1. The SMILES string of the molecule is O=c1c2ccccc2nc2c3cccc(Cl)c3n(-c3ccccc3)n12. The zero-order valence-corrected chi connectivity index (χ0v) is 13.8. The molecule has 0 aliphatic heterocycles. The van der Waals surface area contributed by atoms with Gasteiger partial charge in [-0.15, -0.1) is 0 Å². The number of para-hydroxylation sites is 3. The van der Waals surface area contributed by atoms with Gasteiger partial charge in [-0.2, -0.15) is 4.52 Å². The van der Waals surface area contributed by atoms with Gasteiger partial charge in [0.2, 0.25) is 0 Å². The van der Waals surface area contributed by atoms with Gasteiger partial charge in [-0.25, -0.2) is 9.67 Å². The van der Waals surface area contributed by atoms with Gasteiger partial charge < -0.3 is 0 Å². The van der Waals surface area contributed by atoms with Crippen LogP contribution < -0.4 is 5.56 Å². The van der Waals surface area contributed by atoms with E-state index in [1.54, 1.807) is 10.6 Å². The van der Waals surface area contributed by atoms with Crippen molar-refractivity contribution >= 4 is 39.1 Å². The Labute approximate surface area is 147 Å². The van der Waals surface area contributed by atoms with Gasteiger partial charge in [-0.1, -0.05) is 48.0 Å². The molecule has 5 rings (SSSR count). The van der Waals surface area contributed by atoms with Crippen molar-refractivity contribution in [1.29, 1.82) is 0 Å². The Hall–Kier alpha value is -3.11. The average Bonchev–Trinajstić information content (AvgIpc) is 2.99. The van der Waals surface area contributed by atoms with Crippen molar-refractivity contribution < 1.29 is 0 Å². The highest BCUT2D eigenvalue weighted by atomic mass is 35.5. The molecule has 0 saturated heterocycles. The molecule has 0 atom stereocenters. The summed E-state index contributed by atoms with van der Waals surface area (Å²) in [5.74, 6) is 0. The van der Waals surface area contributed by atoms with Gasteiger partial charge in [0.15, 0.2) is 5.65 Å². The molecule has 3 aromatic carbocycles. The summed E-state index contributed by atoms with van der Waals surface area (Å²) in [5.41, 5.74) is 2.80. The minimum Gasteiger partial charge on any atom is -0.267 e. The highest BCUT2D eigenvalue weighted by molar-refractivity contribution is 6.35. The van der Waals surface area contributed by atoms with Crippen molar-refractivity contribution in [2.45, 2.75) is 0 Å². The van der Waals surface area contributed by atoms with E-state index in [0.29, 0.717) is 21.6 Å². The van der Waals surface area contributed by atoms with Crippen LogP contribution in [0.15, 0.2) is 77.6 Å². The molecule has 0 aliphatic carbocycles. The molecule has 0 unspecified atom stereocenters. The Bertz CT molecular complexity index is 1320. The van der Waals surface area contributed by atoms with Gasteiger partial charge in [0.25, 0.3) is 5.56 Å². The first-order valence-electron chi connectivity index (χ1n) is 7.92.